The first-order valence-corrected chi connectivity index (χ1v) is 3.39. The predicted octanol–water partition coefficient (Wildman–Crippen LogP) is -0.0128. The summed E-state index contributed by atoms with van der Waals surface area (Å²) < 4.78 is 0. The Bertz CT molecular complexity index is 60.7. The molecule has 0 bridgehead atoms. The third kappa shape index (κ3) is 1.33. The summed E-state index contributed by atoms with van der Waals surface area (Å²) in [5, 5.41) is 11.7. The van der Waals surface area contributed by atoms with Crippen LogP contribution in [-0.4, -0.2) is 22.5 Å². The molecular weight excluding hydrogens is 110 g/mol. The molecule has 1 aliphatic rings. The molecule has 7 heavy (non-hydrogen) atoms. The van der Waals surface area contributed by atoms with Crippen LogP contribution >= 0.6 is 11.8 Å². The summed E-state index contributed by atoms with van der Waals surface area (Å²) in [6.45, 7) is 2.06. The molecule has 0 aromatic carbocycles. The van der Waals surface area contributed by atoms with Gasteiger partial charge in [0, 0.05) is 11.8 Å². The molecule has 0 saturated carbocycles. The van der Waals surface area contributed by atoms with Gasteiger partial charge in [-0.3, -0.25) is 5.32 Å². The van der Waals surface area contributed by atoms with E-state index in [1.54, 1.807) is 11.8 Å². The number of thioether (sulfide) groups is 1. The predicted molar refractivity (Wildman–Crippen MR) is 31.1 cm³/mol. The van der Waals surface area contributed by atoms with Gasteiger partial charge >= 0.3 is 0 Å². The molecular formula is C4H9NOS. The van der Waals surface area contributed by atoms with Crippen LogP contribution in [0.5, 0.6) is 0 Å². The van der Waals surface area contributed by atoms with E-state index in [0.29, 0.717) is 6.04 Å². The van der Waals surface area contributed by atoms with Crippen LogP contribution in [0, 0.1) is 0 Å². The SMILES string of the molecule is CC1CSC(O)N1. The number of aliphatic hydroxyl groups is 1. The topological polar surface area (TPSA) is 32.3 Å². The Morgan fingerprint density at radius 1 is 1.86 bits per heavy atom. The Kier molecular flexibility index (Phi) is 1.57. The minimum Gasteiger partial charge on any atom is -0.369 e. The minimum atomic E-state index is -0.310. The van der Waals surface area contributed by atoms with E-state index >= 15 is 0 Å². The molecule has 1 heterocycles. The van der Waals surface area contributed by atoms with Crippen molar-refractivity contribution in [2.24, 2.45) is 0 Å². The highest BCUT2D eigenvalue weighted by molar-refractivity contribution is 7.99. The summed E-state index contributed by atoms with van der Waals surface area (Å²) in [5.74, 6) is 1.03. The molecule has 1 rings (SSSR count). The first-order chi connectivity index (χ1) is 3.29. The zero-order valence-corrected chi connectivity index (χ0v) is 5.03. The molecule has 2 N–H and O–H groups in total. The smallest absolute Gasteiger partial charge is 0.153 e. The summed E-state index contributed by atoms with van der Waals surface area (Å²) in [6, 6.07) is 0.486. The zero-order valence-electron chi connectivity index (χ0n) is 4.22. The van der Waals surface area contributed by atoms with Crippen LogP contribution < -0.4 is 5.32 Å². The molecule has 0 radical (unpaired) electrons. The maximum Gasteiger partial charge on any atom is 0.153 e. The van der Waals surface area contributed by atoms with Gasteiger partial charge in [-0.2, -0.15) is 0 Å². The summed E-state index contributed by atoms with van der Waals surface area (Å²) in [5.41, 5.74) is -0.310. The van der Waals surface area contributed by atoms with E-state index in [9.17, 15) is 0 Å². The monoisotopic (exact) mass is 119 g/mol. The number of hydrogen-bond acceptors (Lipinski definition) is 3. The molecule has 2 nitrogen and oxygen atoms in total. The standard InChI is InChI=1S/C4H9NOS/c1-3-2-7-4(6)5-3/h3-6H,2H2,1H3. The Hall–Kier alpha value is 0.270. The van der Waals surface area contributed by atoms with E-state index in [4.69, 9.17) is 5.11 Å². The molecule has 3 heteroatoms. The van der Waals surface area contributed by atoms with Crippen molar-refractivity contribution in [1.29, 1.82) is 0 Å². The van der Waals surface area contributed by atoms with Crippen molar-refractivity contribution in [3.63, 3.8) is 0 Å². The van der Waals surface area contributed by atoms with Crippen LogP contribution in [0.3, 0.4) is 0 Å². The third-order valence-electron chi connectivity index (χ3n) is 0.931. The van der Waals surface area contributed by atoms with Crippen molar-refractivity contribution in [3.8, 4) is 0 Å². The van der Waals surface area contributed by atoms with Gasteiger partial charge in [-0.15, -0.1) is 11.8 Å². The molecule has 0 aromatic heterocycles. The second-order valence-corrected chi connectivity index (χ2v) is 2.87. The lowest BCUT2D eigenvalue weighted by atomic mass is 10.4. The second-order valence-electron chi connectivity index (χ2n) is 1.75. The van der Waals surface area contributed by atoms with Crippen molar-refractivity contribution >= 4 is 11.8 Å². The van der Waals surface area contributed by atoms with E-state index in [1.165, 1.54) is 0 Å². The molecule has 0 spiro atoms. The van der Waals surface area contributed by atoms with Crippen molar-refractivity contribution in [1.82, 2.24) is 5.32 Å². The maximum atomic E-state index is 8.75. The van der Waals surface area contributed by atoms with E-state index in [0.717, 1.165) is 5.75 Å². The number of nitrogens with one attached hydrogen (secondary N) is 1. The van der Waals surface area contributed by atoms with Gasteiger partial charge in [-0.25, -0.2) is 0 Å². The highest BCUT2D eigenvalue weighted by Crippen LogP contribution is 2.14. The van der Waals surface area contributed by atoms with Crippen LogP contribution in [0.4, 0.5) is 0 Å². The van der Waals surface area contributed by atoms with Gasteiger partial charge in [0.2, 0.25) is 0 Å². The fourth-order valence-electron chi connectivity index (χ4n) is 0.575. The first kappa shape index (κ1) is 5.41. The van der Waals surface area contributed by atoms with E-state index in [1.807, 2.05) is 0 Å². The third-order valence-corrected chi connectivity index (χ3v) is 2.08. The van der Waals surface area contributed by atoms with Crippen molar-refractivity contribution < 1.29 is 5.11 Å². The summed E-state index contributed by atoms with van der Waals surface area (Å²) >= 11 is 1.55. The van der Waals surface area contributed by atoms with Gasteiger partial charge in [0.1, 0.15) is 0 Å². The Morgan fingerprint density at radius 2 is 2.57 bits per heavy atom. The van der Waals surface area contributed by atoms with E-state index < -0.39 is 0 Å². The lowest BCUT2D eigenvalue weighted by Gasteiger charge is -1.99. The summed E-state index contributed by atoms with van der Waals surface area (Å²) in [6.07, 6.45) is 0. The lowest BCUT2D eigenvalue weighted by Crippen LogP contribution is -2.26. The van der Waals surface area contributed by atoms with Gasteiger partial charge in [0.05, 0.1) is 0 Å². The normalized spacial score (nSPS) is 42.0. The van der Waals surface area contributed by atoms with Crippen LogP contribution in [0.25, 0.3) is 0 Å². The van der Waals surface area contributed by atoms with Crippen LogP contribution in [-0.2, 0) is 0 Å². The molecule has 1 saturated heterocycles. The lowest BCUT2D eigenvalue weighted by molar-refractivity contribution is 0.225. The Labute approximate surface area is 47.3 Å². The number of aliphatic hydroxyl groups excluding tert-OH is 1. The zero-order chi connectivity index (χ0) is 5.28. The number of rotatable bonds is 0. The molecule has 0 aliphatic carbocycles. The minimum absolute atomic E-state index is 0.310. The average Bonchev–Trinajstić information content (AvgIpc) is 1.87. The van der Waals surface area contributed by atoms with Gasteiger partial charge in [-0.1, -0.05) is 0 Å². The van der Waals surface area contributed by atoms with E-state index in [-0.39, 0.29) is 5.56 Å². The van der Waals surface area contributed by atoms with Crippen LogP contribution in [0.1, 0.15) is 6.92 Å². The van der Waals surface area contributed by atoms with Gasteiger partial charge in [-0.05, 0) is 6.92 Å². The summed E-state index contributed by atoms with van der Waals surface area (Å²) in [7, 11) is 0. The molecule has 0 amide bonds. The summed E-state index contributed by atoms with van der Waals surface area (Å²) in [4.78, 5) is 0. The van der Waals surface area contributed by atoms with Crippen molar-refractivity contribution in [2.75, 3.05) is 5.75 Å². The highest BCUT2D eigenvalue weighted by atomic mass is 32.2. The van der Waals surface area contributed by atoms with Crippen LogP contribution in [0.15, 0.2) is 0 Å². The second kappa shape index (κ2) is 2.03. The highest BCUT2D eigenvalue weighted by Gasteiger charge is 2.16. The fraction of sp³-hybridized carbons (Fsp3) is 1.00. The van der Waals surface area contributed by atoms with Crippen molar-refractivity contribution in [2.45, 2.75) is 18.5 Å². The molecule has 2 atom stereocenters. The van der Waals surface area contributed by atoms with E-state index in [2.05, 4.69) is 12.2 Å². The molecule has 1 fully saturated rings. The molecule has 42 valence electrons. The quantitative estimate of drug-likeness (QED) is 0.470. The van der Waals surface area contributed by atoms with Gasteiger partial charge in [0.15, 0.2) is 5.56 Å². The number of hydrogen-bond donors (Lipinski definition) is 2. The largest absolute Gasteiger partial charge is 0.369 e. The molecule has 0 aromatic rings. The van der Waals surface area contributed by atoms with Crippen LogP contribution in [0.2, 0.25) is 0 Å². The average molecular weight is 119 g/mol. The first-order valence-electron chi connectivity index (χ1n) is 2.35. The molecule has 2 unspecified atom stereocenters. The van der Waals surface area contributed by atoms with Gasteiger partial charge < -0.3 is 5.11 Å². The fourth-order valence-corrected chi connectivity index (χ4v) is 1.47. The van der Waals surface area contributed by atoms with Gasteiger partial charge in [0.25, 0.3) is 0 Å². The Balaban J connectivity index is 2.26. The Morgan fingerprint density at radius 3 is 2.71 bits per heavy atom. The van der Waals surface area contributed by atoms with Crippen molar-refractivity contribution in [3.05, 3.63) is 0 Å². The molecule has 1 aliphatic heterocycles. The maximum absolute atomic E-state index is 8.75.